The maximum Gasteiger partial charge on any atom is 0.280 e. The van der Waals surface area contributed by atoms with E-state index < -0.39 is 11.3 Å². The first kappa shape index (κ1) is 14.5. The van der Waals surface area contributed by atoms with Crippen molar-refractivity contribution in [1.29, 1.82) is 0 Å². The van der Waals surface area contributed by atoms with Gasteiger partial charge in [-0.15, -0.1) is 0 Å². The number of hydrogen-bond acceptors (Lipinski definition) is 4. The Morgan fingerprint density at radius 1 is 1.00 bits per heavy atom. The van der Waals surface area contributed by atoms with E-state index in [-0.39, 0.29) is 11.4 Å². The number of anilines is 1. The van der Waals surface area contributed by atoms with Gasteiger partial charge >= 0.3 is 0 Å². The van der Waals surface area contributed by atoms with E-state index in [2.05, 4.69) is 10.4 Å². The molecule has 0 aliphatic rings. The molecule has 0 spiro atoms. The summed E-state index contributed by atoms with van der Waals surface area (Å²) < 4.78 is 1.47. The average molecular weight is 307 g/mol. The normalized spacial score (nSPS) is 10.3. The third-order valence-electron chi connectivity index (χ3n) is 3.17. The van der Waals surface area contributed by atoms with Crippen molar-refractivity contribution in [3.63, 3.8) is 0 Å². The van der Waals surface area contributed by atoms with Gasteiger partial charge in [-0.05, 0) is 36.4 Å². The number of carbonyl (C=O) groups excluding carboxylic acids is 1. The third kappa shape index (κ3) is 3.26. The number of phenols is 1. The zero-order valence-corrected chi connectivity index (χ0v) is 12.0. The second kappa shape index (κ2) is 6.15. The lowest BCUT2D eigenvalue weighted by atomic mass is 10.3. The molecule has 0 radical (unpaired) electrons. The standard InChI is InChI=1S/C17H13N3O3/c21-14-8-6-12(7-9-14)18-17(23)16-15(22)10-11-20(19-16)13-4-2-1-3-5-13/h1-11,21H,(H,18,23). The monoisotopic (exact) mass is 307 g/mol. The summed E-state index contributed by atoms with van der Waals surface area (Å²) >= 11 is 0. The van der Waals surface area contributed by atoms with Gasteiger partial charge in [-0.3, -0.25) is 9.59 Å². The molecule has 0 saturated heterocycles. The van der Waals surface area contributed by atoms with Gasteiger partial charge in [0.05, 0.1) is 5.69 Å². The van der Waals surface area contributed by atoms with Crippen LogP contribution in [0, 0.1) is 0 Å². The highest BCUT2D eigenvalue weighted by molar-refractivity contribution is 6.02. The lowest BCUT2D eigenvalue weighted by molar-refractivity contribution is 0.101. The van der Waals surface area contributed by atoms with E-state index in [4.69, 9.17) is 0 Å². The van der Waals surface area contributed by atoms with Crippen molar-refractivity contribution < 1.29 is 9.90 Å². The van der Waals surface area contributed by atoms with Crippen LogP contribution in [0.3, 0.4) is 0 Å². The first-order valence-corrected chi connectivity index (χ1v) is 6.89. The number of carbonyl (C=O) groups is 1. The Bertz CT molecular complexity index is 887. The Labute approximate surface area is 131 Å². The van der Waals surface area contributed by atoms with E-state index in [9.17, 15) is 14.7 Å². The SMILES string of the molecule is O=C(Nc1ccc(O)cc1)c1nn(-c2ccccc2)ccc1=O. The van der Waals surface area contributed by atoms with E-state index in [0.29, 0.717) is 5.69 Å². The third-order valence-corrected chi connectivity index (χ3v) is 3.17. The van der Waals surface area contributed by atoms with Gasteiger partial charge in [0.1, 0.15) is 5.75 Å². The summed E-state index contributed by atoms with van der Waals surface area (Å²) in [5.41, 5.74) is 0.535. The smallest absolute Gasteiger partial charge is 0.280 e. The van der Waals surface area contributed by atoms with E-state index >= 15 is 0 Å². The fraction of sp³-hybridized carbons (Fsp3) is 0. The van der Waals surface area contributed by atoms with Crippen LogP contribution in [0.5, 0.6) is 5.75 Å². The van der Waals surface area contributed by atoms with E-state index in [1.807, 2.05) is 30.3 Å². The zero-order chi connectivity index (χ0) is 16.2. The van der Waals surface area contributed by atoms with E-state index in [1.165, 1.54) is 41.2 Å². The maximum atomic E-state index is 12.3. The molecule has 3 aromatic rings. The van der Waals surface area contributed by atoms with Crippen molar-refractivity contribution in [2.45, 2.75) is 0 Å². The molecule has 114 valence electrons. The molecule has 2 N–H and O–H groups in total. The fourth-order valence-electron chi connectivity index (χ4n) is 2.02. The Morgan fingerprint density at radius 3 is 2.39 bits per heavy atom. The van der Waals surface area contributed by atoms with Crippen LogP contribution in [0.25, 0.3) is 5.69 Å². The van der Waals surface area contributed by atoms with Crippen LogP contribution in [0.1, 0.15) is 10.5 Å². The predicted molar refractivity (Wildman–Crippen MR) is 85.9 cm³/mol. The summed E-state index contributed by atoms with van der Waals surface area (Å²) in [6.45, 7) is 0. The van der Waals surface area contributed by atoms with Gasteiger partial charge in [-0.2, -0.15) is 5.10 Å². The molecular formula is C17H13N3O3. The molecule has 23 heavy (non-hydrogen) atoms. The number of para-hydroxylation sites is 1. The lowest BCUT2D eigenvalue weighted by Gasteiger charge is -2.08. The molecule has 0 saturated carbocycles. The van der Waals surface area contributed by atoms with Crippen molar-refractivity contribution in [3.05, 3.63) is 82.8 Å². The fourth-order valence-corrected chi connectivity index (χ4v) is 2.02. The number of phenolic OH excluding ortho intramolecular Hbond substituents is 1. The van der Waals surface area contributed by atoms with E-state index in [1.54, 1.807) is 0 Å². The molecule has 6 nitrogen and oxygen atoms in total. The second-order valence-corrected chi connectivity index (χ2v) is 4.81. The second-order valence-electron chi connectivity index (χ2n) is 4.81. The molecule has 1 heterocycles. The molecular weight excluding hydrogens is 294 g/mol. The molecule has 0 bridgehead atoms. The minimum atomic E-state index is -0.606. The highest BCUT2D eigenvalue weighted by Gasteiger charge is 2.13. The molecule has 0 aliphatic carbocycles. The van der Waals surface area contributed by atoms with Gasteiger partial charge < -0.3 is 10.4 Å². The number of aromatic hydroxyl groups is 1. The van der Waals surface area contributed by atoms with Crippen molar-refractivity contribution in [2.24, 2.45) is 0 Å². The topological polar surface area (TPSA) is 84.2 Å². The van der Waals surface area contributed by atoms with Gasteiger partial charge in [0.2, 0.25) is 5.43 Å². The molecule has 0 unspecified atom stereocenters. The summed E-state index contributed by atoms with van der Waals surface area (Å²) in [7, 11) is 0. The summed E-state index contributed by atoms with van der Waals surface area (Å²) in [6, 6.07) is 16.4. The summed E-state index contributed by atoms with van der Waals surface area (Å²) in [6.07, 6.45) is 1.51. The summed E-state index contributed by atoms with van der Waals surface area (Å²) in [5.74, 6) is -0.516. The number of hydrogen-bond donors (Lipinski definition) is 2. The number of amides is 1. The van der Waals surface area contributed by atoms with Crippen LogP contribution in [0.15, 0.2) is 71.7 Å². The van der Waals surface area contributed by atoms with Crippen molar-refractivity contribution >= 4 is 11.6 Å². The van der Waals surface area contributed by atoms with Crippen LogP contribution in [-0.4, -0.2) is 20.8 Å². The lowest BCUT2D eigenvalue weighted by Crippen LogP contribution is -2.25. The minimum Gasteiger partial charge on any atom is -0.508 e. The Morgan fingerprint density at radius 2 is 1.70 bits per heavy atom. The Balaban J connectivity index is 1.91. The summed E-state index contributed by atoms with van der Waals surface area (Å²) in [5, 5.41) is 15.9. The van der Waals surface area contributed by atoms with Gasteiger partial charge in [0, 0.05) is 18.0 Å². The molecule has 1 aromatic heterocycles. The van der Waals surface area contributed by atoms with Crippen LogP contribution >= 0.6 is 0 Å². The quantitative estimate of drug-likeness (QED) is 0.726. The average Bonchev–Trinajstić information content (AvgIpc) is 2.58. The highest BCUT2D eigenvalue weighted by Crippen LogP contribution is 2.14. The molecule has 0 aliphatic heterocycles. The predicted octanol–water partition coefficient (Wildman–Crippen LogP) is 2.19. The van der Waals surface area contributed by atoms with Gasteiger partial charge in [0.15, 0.2) is 5.69 Å². The number of aromatic nitrogens is 2. The Kier molecular flexibility index (Phi) is 3.88. The molecule has 6 heteroatoms. The minimum absolute atomic E-state index is 0.0901. The van der Waals surface area contributed by atoms with Crippen LogP contribution in [0.4, 0.5) is 5.69 Å². The first-order chi connectivity index (χ1) is 11.1. The first-order valence-electron chi connectivity index (χ1n) is 6.89. The van der Waals surface area contributed by atoms with Crippen LogP contribution in [0.2, 0.25) is 0 Å². The van der Waals surface area contributed by atoms with Gasteiger partial charge in [-0.25, -0.2) is 4.68 Å². The molecule has 3 rings (SSSR count). The summed E-state index contributed by atoms with van der Waals surface area (Å²) in [4.78, 5) is 24.2. The van der Waals surface area contributed by atoms with Gasteiger partial charge in [0.25, 0.3) is 5.91 Å². The molecule has 2 aromatic carbocycles. The largest absolute Gasteiger partial charge is 0.508 e. The number of nitrogens with zero attached hydrogens (tertiary/aromatic N) is 2. The van der Waals surface area contributed by atoms with Crippen LogP contribution < -0.4 is 10.7 Å². The zero-order valence-electron chi connectivity index (χ0n) is 12.0. The van der Waals surface area contributed by atoms with E-state index in [0.717, 1.165) is 5.69 Å². The van der Waals surface area contributed by atoms with Gasteiger partial charge in [-0.1, -0.05) is 18.2 Å². The number of benzene rings is 2. The number of nitrogens with one attached hydrogen (secondary N) is 1. The van der Waals surface area contributed by atoms with Crippen molar-refractivity contribution in [1.82, 2.24) is 9.78 Å². The van der Waals surface area contributed by atoms with Crippen LogP contribution in [-0.2, 0) is 0 Å². The van der Waals surface area contributed by atoms with Crippen molar-refractivity contribution in [3.8, 4) is 11.4 Å². The Hall–Kier alpha value is -3.41. The highest BCUT2D eigenvalue weighted by atomic mass is 16.3. The maximum absolute atomic E-state index is 12.3. The molecule has 0 atom stereocenters. The molecule has 1 amide bonds. The van der Waals surface area contributed by atoms with Crippen molar-refractivity contribution in [2.75, 3.05) is 5.32 Å². The number of rotatable bonds is 3. The molecule has 0 fully saturated rings.